The number of anilines is 2. The summed E-state index contributed by atoms with van der Waals surface area (Å²) in [5.41, 5.74) is 5.53. The minimum absolute atomic E-state index is 0.191. The minimum atomic E-state index is -0.191. The van der Waals surface area contributed by atoms with Crippen molar-refractivity contribution in [2.24, 2.45) is 7.05 Å². The van der Waals surface area contributed by atoms with Gasteiger partial charge in [0.15, 0.2) is 5.82 Å². The smallest absolute Gasteiger partial charge is 0.293 e. The fraction of sp³-hybridized carbons (Fsp3) is 0.227. The Bertz CT molecular complexity index is 1120. The second-order valence-corrected chi connectivity index (χ2v) is 7.86. The first-order chi connectivity index (χ1) is 13.3. The molecule has 0 fully saturated rings. The predicted molar refractivity (Wildman–Crippen MR) is 113 cm³/mol. The zero-order valence-corrected chi connectivity index (χ0v) is 17.4. The van der Waals surface area contributed by atoms with Gasteiger partial charge in [-0.3, -0.25) is 4.79 Å². The number of hydrogen-bond donors (Lipinski definition) is 1. The zero-order valence-electron chi connectivity index (χ0n) is 16.6. The van der Waals surface area contributed by atoms with Gasteiger partial charge in [-0.2, -0.15) is 5.26 Å². The summed E-state index contributed by atoms with van der Waals surface area (Å²) in [5.74, 6) is 0.266. The summed E-state index contributed by atoms with van der Waals surface area (Å²) in [6.07, 6.45) is 0. The summed E-state index contributed by atoms with van der Waals surface area (Å²) in [6, 6.07) is 13.3. The van der Waals surface area contributed by atoms with Gasteiger partial charge < -0.3 is 9.88 Å². The lowest BCUT2D eigenvalue weighted by Crippen LogP contribution is -2.24. The highest BCUT2D eigenvalue weighted by atomic mass is 32.2. The summed E-state index contributed by atoms with van der Waals surface area (Å²) in [5, 5.41) is 12.8. The fourth-order valence-corrected chi connectivity index (χ4v) is 4.11. The Labute approximate surface area is 169 Å². The standard InChI is InChI=1S/C22H22N4OS/c1-13-10-14(2)19(15(3)11-13)28-21-16(4)26(5)22(27)20(25-21)24-18-8-6-17(12-23)7-9-18/h6-11H,1-5H3,(H,24,25). The molecule has 3 rings (SSSR count). The molecule has 0 bridgehead atoms. The molecule has 1 N–H and O–H groups in total. The number of benzene rings is 2. The molecule has 1 heterocycles. The number of nitrogens with one attached hydrogen (secondary N) is 1. The van der Waals surface area contributed by atoms with Gasteiger partial charge in [0.1, 0.15) is 5.03 Å². The van der Waals surface area contributed by atoms with Crippen LogP contribution in [0.3, 0.4) is 0 Å². The Morgan fingerprint density at radius 1 is 1.07 bits per heavy atom. The highest BCUT2D eigenvalue weighted by Crippen LogP contribution is 2.34. The maximum absolute atomic E-state index is 12.7. The predicted octanol–water partition coefficient (Wildman–Crippen LogP) is 4.78. The third-order valence-electron chi connectivity index (χ3n) is 4.61. The molecule has 28 heavy (non-hydrogen) atoms. The van der Waals surface area contributed by atoms with Gasteiger partial charge in [-0.25, -0.2) is 4.98 Å². The van der Waals surface area contributed by atoms with E-state index in [0.29, 0.717) is 11.3 Å². The summed E-state index contributed by atoms with van der Waals surface area (Å²) < 4.78 is 1.61. The topological polar surface area (TPSA) is 70.7 Å². The monoisotopic (exact) mass is 390 g/mol. The SMILES string of the molecule is Cc1cc(C)c(Sc2nc(Nc3ccc(C#N)cc3)c(=O)n(C)c2C)c(C)c1. The van der Waals surface area contributed by atoms with Gasteiger partial charge in [-0.1, -0.05) is 29.5 Å². The number of aromatic nitrogens is 2. The Hall–Kier alpha value is -3.04. The third kappa shape index (κ3) is 3.95. The van der Waals surface area contributed by atoms with E-state index < -0.39 is 0 Å². The van der Waals surface area contributed by atoms with E-state index in [4.69, 9.17) is 5.26 Å². The van der Waals surface area contributed by atoms with Gasteiger partial charge in [-0.15, -0.1) is 0 Å². The average molecular weight is 391 g/mol. The maximum atomic E-state index is 12.7. The summed E-state index contributed by atoms with van der Waals surface area (Å²) in [7, 11) is 1.75. The van der Waals surface area contributed by atoms with E-state index in [1.165, 1.54) is 16.7 Å². The van der Waals surface area contributed by atoms with Crippen LogP contribution in [-0.4, -0.2) is 9.55 Å². The van der Waals surface area contributed by atoms with Crippen LogP contribution in [0.4, 0.5) is 11.5 Å². The number of rotatable bonds is 4. The Kier molecular flexibility index (Phi) is 5.57. The van der Waals surface area contributed by atoms with Crippen LogP contribution >= 0.6 is 11.8 Å². The molecule has 0 atom stereocenters. The van der Waals surface area contributed by atoms with Crippen LogP contribution in [0.15, 0.2) is 51.1 Å². The summed E-state index contributed by atoms with van der Waals surface area (Å²) >= 11 is 1.58. The van der Waals surface area contributed by atoms with Crippen molar-refractivity contribution in [1.82, 2.24) is 9.55 Å². The first-order valence-electron chi connectivity index (χ1n) is 8.90. The second kappa shape index (κ2) is 7.91. The number of nitriles is 1. The first kappa shape index (κ1) is 19.7. The van der Waals surface area contributed by atoms with Crippen LogP contribution in [0.5, 0.6) is 0 Å². The average Bonchev–Trinajstić information content (AvgIpc) is 2.66. The lowest BCUT2D eigenvalue weighted by atomic mass is 10.1. The van der Waals surface area contributed by atoms with Crippen LogP contribution in [0.1, 0.15) is 27.9 Å². The van der Waals surface area contributed by atoms with Crippen LogP contribution in [0, 0.1) is 39.0 Å². The molecule has 3 aromatic rings. The van der Waals surface area contributed by atoms with Gasteiger partial charge in [-0.05, 0) is 63.1 Å². The molecule has 0 spiro atoms. The third-order valence-corrected chi connectivity index (χ3v) is 6.04. The lowest BCUT2D eigenvalue weighted by molar-refractivity contribution is 0.764. The summed E-state index contributed by atoms with van der Waals surface area (Å²) in [4.78, 5) is 18.5. The molecule has 5 nitrogen and oxygen atoms in total. The van der Waals surface area contributed by atoms with Crippen molar-refractivity contribution in [3.8, 4) is 6.07 Å². The van der Waals surface area contributed by atoms with Gasteiger partial charge in [0.05, 0.1) is 17.3 Å². The highest BCUT2D eigenvalue weighted by molar-refractivity contribution is 7.99. The molecule has 2 aromatic carbocycles. The van der Waals surface area contributed by atoms with Gasteiger partial charge in [0.2, 0.25) is 0 Å². The Balaban J connectivity index is 2.01. The molecule has 6 heteroatoms. The van der Waals surface area contributed by atoms with Crippen molar-refractivity contribution < 1.29 is 0 Å². The van der Waals surface area contributed by atoms with Crippen molar-refractivity contribution in [3.05, 3.63) is 74.7 Å². The maximum Gasteiger partial charge on any atom is 0.293 e. The number of hydrogen-bond acceptors (Lipinski definition) is 5. The van der Waals surface area contributed by atoms with E-state index in [-0.39, 0.29) is 11.4 Å². The Morgan fingerprint density at radius 3 is 2.25 bits per heavy atom. The van der Waals surface area contributed by atoms with Gasteiger partial charge in [0.25, 0.3) is 5.56 Å². The zero-order chi connectivity index (χ0) is 20.4. The molecular weight excluding hydrogens is 368 g/mol. The van der Waals surface area contributed by atoms with Gasteiger partial charge in [0, 0.05) is 17.6 Å². The van der Waals surface area contributed by atoms with E-state index in [2.05, 4.69) is 49.3 Å². The molecule has 0 amide bonds. The lowest BCUT2D eigenvalue weighted by Gasteiger charge is -2.15. The highest BCUT2D eigenvalue weighted by Gasteiger charge is 2.15. The minimum Gasteiger partial charge on any atom is -0.336 e. The van der Waals surface area contributed by atoms with Crippen molar-refractivity contribution in [1.29, 1.82) is 5.26 Å². The largest absolute Gasteiger partial charge is 0.336 e. The van der Waals surface area contributed by atoms with Crippen LogP contribution in [-0.2, 0) is 7.05 Å². The van der Waals surface area contributed by atoms with E-state index in [1.807, 2.05) is 6.92 Å². The molecule has 0 aliphatic carbocycles. The molecule has 0 saturated carbocycles. The van der Waals surface area contributed by atoms with Crippen LogP contribution < -0.4 is 10.9 Å². The van der Waals surface area contributed by atoms with E-state index in [0.717, 1.165) is 15.6 Å². The first-order valence-corrected chi connectivity index (χ1v) is 9.72. The van der Waals surface area contributed by atoms with Crippen LogP contribution in [0.2, 0.25) is 0 Å². The van der Waals surface area contributed by atoms with Crippen molar-refractivity contribution in [2.45, 2.75) is 37.6 Å². The van der Waals surface area contributed by atoms with Crippen molar-refractivity contribution >= 4 is 23.3 Å². The van der Waals surface area contributed by atoms with Crippen LogP contribution in [0.25, 0.3) is 0 Å². The van der Waals surface area contributed by atoms with E-state index >= 15 is 0 Å². The van der Waals surface area contributed by atoms with Crippen molar-refractivity contribution in [2.75, 3.05) is 5.32 Å². The number of nitrogens with zero attached hydrogens (tertiary/aromatic N) is 3. The van der Waals surface area contributed by atoms with Gasteiger partial charge >= 0.3 is 0 Å². The molecule has 0 aliphatic heterocycles. The number of aryl methyl sites for hydroxylation is 3. The normalized spacial score (nSPS) is 10.6. The molecule has 0 saturated heterocycles. The molecule has 0 aliphatic rings. The molecule has 0 unspecified atom stereocenters. The van der Waals surface area contributed by atoms with Crippen molar-refractivity contribution in [3.63, 3.8) is 0 Å². The summed E-state index contributed by atoms with van der Waals surface area (Å²) in [6.45, 7) is 8.18. The quantitative estimate of drug-likeness (QED) is 0.694. The second-order valence-electron chi connectivity index (χ2n) is 6.86. The van der Waals surface area contributed by atoms with E-state index in [9.17, 15) is 4.79 Å². The fourth-order valence-electron chi connectivity index (χ4n) is 3.05. The molecule has 1 aromatic heterocycles. The molecular formula is C22H22N4OS. The molecule has 142 valence electrons. The molecule has 0 radical (unpaired) electrons. The van der Waals surface area contributed by atoms with E-state index in [1.54, 1.807) is 47.6 Å². The Morgan fingerprint density at radius 2 is 1.68 bits per heavy atom.